The number of hydrogen-bond acceptors (Lipinski definition) is 6. The number of nitrogens with zero attached hydrogens (tertiary/aromatic N) is 2. The number of aryl methyl sites for hydroxylation is 1. The first kappa shape index (κ1) is 26.1. The minimum absolute atomic E-state index is 0.0277. The summed E-state index contributed by atoms with van der Waals surface area (Å²) in [4.78, 5) is 27.9. The van der Waals surface area contributed by atoms with Crippen LogP contribution in [0.2, 0.25) is 18.1 Å². The van der Waals surface area contributed by atoms with Crippen LogP contribution >= 0.6 is 11.3 Å². The van der Waals surface area contributed by atoms with Crippen LogP contribution in [0.15, 0.2) is 35.7 Å². The first-order chi connectivity index (χ1) is 15.9. The molecule has 0 N–H and O–H groups in total. The zero-order valence-electron chi connectivity index (χ0n) is 21.0. The fraction of sp³-hybridized carbons (Fsp3) is 0.480. The molecule has 1 atom stereocenters. The van der Waals surface area contributed by atoms with Crippen LogP contribution in [0.1, 0.15) is 48.0 Å². The van der Waals surface area contributed by atoms with Crippen molar-refractivity contribution >= 4 is 36.8 Å². The van der Waals surface area contributed by atoms with Gasteiger partial charge in [-0.15, -0.1) is 11.3 Å². The highest BCUT2D eigenvalue weighted by molar-refractivity contribution is 7.11. The van der Waals surface area contributed by atoms with Crippen LogP contribution in [0, 0.1) is 17.0 Å². The lowest BCUT2D eigenvalue weighted by atomic mass is 9.99. The van der Waals surface area contributed by atoms with Crippen LogP contribution in [0.5, 0.6) is 5.75 Å². The number of thiophene rings is 1. The van der Waals surface area contributed by atoms with E-state index in [1.807, 2.05) is 11.4 Å². The van der Waals surface area contributed by atoms with E-state index < -0.39 is 13.2 Å². The van der Waals surface area contributed by atoms with Crippen molar-refractivity contribution < 1.29 is 18.9 Å². The molecule has 0 saturated heterocycles. The molecule has 1 aromatic heterocycles. The number of amides is 1. The highest BCUT2D eigenvalue weighted by Gasteiger charge is 2.39. The number of hydrogen-bond donors (Lipinski definition) is 0. The Labute approximate surface area is 206 Å². The van der Waals surface area contributed by atoms with Gasteiger partial charge >= 0.3 is 0 Å². The van der Waals surface area contributed by atoms with E-state index in [9.17, 15) is 14.9 Å². The first-order valence-corrected chi connectivity index (χ1v) is 15.2. The van der Waals surface area contributed by atoms with Crippen LogP contribution in [-0.2, 0) is 4.43 Å². The Hall–Kier alpha value is -2.49. The molecule has 0 spiro atoms. The van der Waals surface area contributed by atoms with Gasteiger partial charge in [-0.1, -0.05) is 32.9 Å². The Morgan fingerprint density at radius 3 is 2.59 bits per heavy atom. The molecule has 9 heteroatoms. The standard InChI is InChI=1S/C25H34N2O5SSi/c1-17-13-21(27(29)30)20(15-22(17)31-5)24(28)26-11-10-18(23-9-8-12-33-23)14-19(26)16-32-34(6,7)25(2,3)4/h8-9,12-15,19H,10-11,16H2,1-7H3/t19-/m0/s1. The lowest BCUT2D eigenvalue weighted by Gasteiger charge is -2.40. The van der Waals surface area contributed by atoms with Crippen LogP contribution in [0.3, 0.4) is 0 Å². The van der Waals surface area contributed by atoms with Crippen molar-refractivity contribution in [1.29, 1.82) is 0 Å². The van der Waals surface area contributed by atoms with Crippen molar-refractivity contribution in [2.45, 2.75) is 58.3 Å². The summed E-state index contributed by atoms with van der Waals surface area (Å²) in [7, 11) is -0.569. The average Bonchev–Trinajstić information content (AvgIpc) is 3.31. The van der Waals surface area contributed by atoms with E-state index in [0.717, 1.165) is 0 Å². The fourth-order valence-corrected chi connectivity index (χ4v) is 5.55. The number of carbonyl (C=O) groups is 1. The Morgan fingerprint density at radius 2 is 2.03 bits per heavy atom. The van der Waals surface area contributed by atoms with Crippen molar-refractivity contribution in [3.05, 3.63) is 61.8 Å². The van der Waals surface area contributed by atoms with Gasteiger partial charge in [-0.05, 0) is 54.1 Å². The molecule has 0 saturated carbocycles. The Bertz CT molecular complexity index is 1090. The number of nitro benzene ring substituents is 1. The highest BCUT2D eigenvalue weighted by atomic mass is 32.1. The van der Waals surface area contributed by atoms with E-state index in [1.165, 1.54) is 29.7 Å². The molecule has 0 unspecified atom stereocenters. The summed E-state index contributed by atoms with van der Waals surface area (Å²) in [6, 6.07) is 6.67. The third-order valence-corrected chi connectivity index (χ3v) is 12.3. The summed E-state index contributed by atoms with van der Waals surface area (Å²) < 4.78 is 11.9. The van der Waals surface area contributed by atoms with Crippen molar-refractivity contribution in [1.82, 2.24) is 4.90 Å². The molecule has 0 fully saturated rings. The molecule has 7 nitrogen and oxygen atoms in total. The molecule has 1 aliphatic rings. The molecule has 184 valence electrons. The molecule has 2 heterocycles. The molecule has 1 aromatic carbocycles. The predicted octanol–water partition coefficient (Wildman–Crippen LogP) is 6.29. The first-order valence-electron chi connectivity index (χ1n) is 11.4. The molecule has 1 amide bonds. The predicted molar refractivity (Wildman–Crippen MR) is 139 cm³/mol. The molecule has 3 rings (SSSR count). The van der Waals surface area contributed by atoms with E-state index in [1.54, 1.807) is 23.2 Å². The van der Waals surface area contributed by atoms with E-state index in [4.69, 9.17) is 9.16 Å². The quantitative estimate of drug-likeness (QED) is 0.252. The topological polar surface area (TPSA) is 81.9 Å². The zero-order chi connectivity index (χ0) is 25.3. The summed E-state index contributed by atoms with van der Waals surface area (Å²) in [5, 5.41) is 13.8. The monoisotopic (exact) mass is 502 g/mol. The van der Waals surface area contributed by atoms with E-state index in [-0.39, 0.29) is 28.2 Å². The summed E-state index contributed by atoms with van der Waals surface area (Å²) in [6.45, 7) is 13.4. The number of benzene rings is 1. The van der Waals surface area contributed by atoms with Gasteiger partial charge in [0.15, 0.2) is 8.32 Å². The third kappa shape index (κ3) is 5.42. The summed E-state index contributed by atoms with van der Waals surface area (Å²) >= 11 is 1.67. The maximum Gasteiger partial charge on any atom is 0.282 e. The fourth-order valence-electron chi connectivity index (χ4n) is 3.75. The normalized spacial score (nSPS) is 16.9. The van der Waals surface area contributed by atoms with Gasteiger partial charge in [0.2, 0.25) is 0 Å². The van der Waals surface area contributed by atoms with E-state index in [2.05, 4.69) is 46.0 Å². The molecular weight excluding hydrogens is 468 g/mol. The lowest BCUT2D eigenvalue weighted by Crippen LogP contribution is -2.49. The van der Waals surface area contributed by atoms with E-state index >= 15 is 0 Å². The largest absolute Gasteiger partial charge is 0.496 e. The number of methoxy groups -OCH3 is 1. The smallest absolute Gasteiger partial charge is 0.282 e. The maximum absolute atomic E-state index is 13.7. The molecule has 1 aliphatic heterocycles. The van der Waals surface area contributed by atoms with Crippen molar-refractivity contribution in [3.63, 3.8) is 0 Å². The highest BCUT2D eigenvalue weighted by Crippen LogP contribution is 2.38. The van der Waals surface area contributed by atoms with Gasteiger partial charge in [0.05, 0.1) is 24.7 Å². The van der Waals surface area contributed by atoms with Gasteiger partial charge in [-0.2, -0.15) is 0 Å². The second-order valence-corrected chi connectivity index (χ2v) is 15.9. The number of carbonyl (C=O) groups excluding carboxylic acids is 1. The second-order valence-electron chi connectivity index (χ2n) is 10.2. The van der Waals surface area contributed by atoms with Gasteiger partial charge in [-0.3, -0.25) is 14.9 Å². The summed E-state index contributed by atoms with van der Waals surface area (Å²) in [6.07, 6.45) is 2.78. The van der Waals surface area contributed by atoms with Gasteiger partial charge < -0.3 is 14.1 Å². The third-order valence-electron chi connectivity index (χ3n) is 6.88. The summed E-state index contributed by atoms with van der Waals surface area (Å²) in [5.41, 5.74) is 1.62. The summed E-state index contributed by atoms with van der Waals surface area (Å²) in [5.74, 6) is 0.0742. The van der Waals surface area contributed by atoms with Crippen LogP contribution in [0.25, 0.3) is 5.57 Å². The van der Waals surface area contributed by atoms with Crippen LogP contribution in [-0.4, -0.2) is 50.4 Å². The van der Waals surface area contributed by atoms with Crippen LogP contribution < -0.4 is 4.74 Å². The molecular formula is C25H34N2O5SSi. The molecule has 0 bridgehead atoms. The van der Waals surface area contributed by atoms with Gasteiger partial charge in [0.1, 0.15) is 11.3 Å². The Morgan fingerprint density at radius 1 is 1.32 bits per heavy atom. The number of rotatable bonds is 7. The Kier molecular flexibility index (Phi) is 7.69. The zero-order valence-corrected chi connectivity index (χ0v) is 22.8. The van der Waals surface area contributed by atoms with Gasteiger partial charge in [-0.25, -0.2) is 0 Å². The van der Waals surface area contributed by atoms with Gasteiger partial charge in [0.25, 0.3) is 11.6 Å². The Balaban J connectivity index is 2.00. The van der Waals surface area contributed by atoms with Crippen molar-refractivity contribution in [2.24, 2.45) is 0 Å². The SMILES string of the molecule is COc1cc(C(=O)N2CCC(c3cccs3)=C[C@H]2CO[Si](C)(C)C(C)(C)C)c([N+](=O)[O-])cc1C. The average molecular weight is 503 g/mol. The molecule has 0 radical (unpaired) electrons. The minimum Gasteiger partial charge on any atom is -0.496 e. The lowest BCUT2D eigenvalue weighted by molar-refractivity contribution is -0.385. The van der Waals surface area contributed by atoms with Crippen molar-refractivity contribution in [2.75, 3.05) is 20.3 Å². The molecule has 34 heavy (non-hydrogen) atoms. The number of ether oxygens (including phenoxy) is 1. The van der Waals surface area contributed by atoms with Gasteiger partial charge in [0, 0.05) is 23.6 Å². The minimum atomic E-state index is -2.06. The maximum atomic E-state index is 13.7. The number of nitro groups is 1. The van der Waals surface area contributed by atoms with Crippen LogP contribution in [0.4, 0.5) is 5.69 Å². The van der Waals surface area contributed by atoms with Crippen molar-refractivity contribution in [3.8, 4) is 5.75 Å². The van der Waals surface area contributed by atoms with E-state index in [0.29, 0.717) is 30.9 Å². The second kappa shape index (κ2) is 10.0. The molecule has 2 aromatic rings. The molecule has 0 aliphatic carbocycles.